The number of rotatable bonds is 1. The molecule has 0 saturated heterocycles. The highest BCUT2D eigenvalue weighted by atomic mass is 15.2. The molecule has 2 rings (SSSR count). The summed E-state index contributed by atoms with van der Waals surface area (Å²) in [5, 5.41) is 4.10. The van der Waals surface area contributed by atoms with Gasteiger partial charge in [-0.25, -0.2) is 9.50 Å². The van der Waals surface area contributed by atoms with Crippen LogP contribution in [-0.4, -0.2) is 14.6 Å². The van der Waals surface area contributed by atoms with Crippen LogP contribution < -0.4 is 5.73 Å². The first-order chi connectivity index (χ1) is 5.81. The molecule has 2 N–H and O–H groups in total. The highest BCUT2D eigenvalue weighted by Gasteiger charge is 2.01. The number of nitrogens with two attached hydrogens (primary N) is 1. The molecule has 2 heterocycles. The van der Waals surface area contributed by atoms with Crippen molar-refractivity contribution >= 4 is 5.65 Å². The molecule has 0 spiro atoms. The highest BCUT2D eigenvalue weighted by Crippen LogP contribution is 2.05. The van der Waals surface area contributed by atoms with Gasteiger partial charge in [0, 0.05) is 18.3 Å². The SMILES string of the molecule is Cc1cc(CN)n2nccc2n1. The number of aryl methyl sites for hydroxylation is 1. The van der Waals surface area contributed by atoms with Crippen molar-refractivity contribution in [1.82, 2.24) is 14.6 Å². The van der Waals surface area contributed by atoms with E-state index in [1.54, 1.807) is 10.7 Å². The predicted octanol–water partition coefficient (Wildman–Crippen LogP) is 0.496. The molecule has 4 heteroatoms. The van der Waals surface area contributed by atoms with Gasteiger partial charge in [0.15, 0.2) is 5.65 Å². The lowest BCUT2D eigenvalue weighted by Crippen LogP contribution is -2.06. The van der Waals surface area contributed by atoms with Gasteiger partial charge in [-0.05, 0) is 13.0 Å². The lowest BCUT2D eigenvalue weighted by molar-refractivity contribution is 0.829. The van der Waals surface area contributed by atoms with Gasteiger partial charge in [0.25, 0.3) is 0 Å². The fraction of sp³-hybridized carbons (Fsp3) is 0.250. The third-order valence-corrected chi connectivity index (χ3v) is 1.77. The third kappa shape index (κ3) is 0.967. The zero-order chi connectivity index (χ0) is 8.55. The van der Waals surface area contributed by atoms with Gasteiger partial charge in [0.1, 0.15) is 0 Å². The van der Waals surface area contributed by atoms with Crippen LogP contribution in [0.5, 0.6) is 0 Å². The maximum absolute atomic E-state index is 5.56. The molecule has 2 aromatic rings. The van der Waals surface area contributed by atoms with Crippen molar-refractivity contribution in [3.63, 3.8) is 0 Å². The normalized spacial score (nSPS) is 10.8. The third-order valence-electron chi connectivity index (χ3n) is 1.77. The quantitative estimate of drug-likeness (QED) is 0.664. The monoisotopic (exact) mass is 162 g/mol. The van der Waals surface area contributed by atoms with Crippen LogP contribution in [0.1, 0.15) is 11.4 Å². The molecule has 12 heavy (non-hydrogen) atoms. The second kappa shape index (κ2) is 2.57. The van der Waals surface area contributed by atoms with Crippen molar-refractivity contribution in [2.24, 2.45) is 5.73 Å². The van der Waals surface area contributed by atoms with Gasteiger partial charge < -0.3 is 5.73 Å². The minimum atomic E-state index is 0.488. The first-order valence-corrected chi connectivity index (χ1v) is 3.81. The molecule has 0 amide bonds. The Morgan fingerprint density at radius 1 is 1.58 bits per heavy atom. The minimum absolute atomic E-state index is 0.488. The van der Waals surface area contributed by atoms with Crippen molar-refractivity contribution in [1.29, 1.82) is 0 Å². The zero-order valence-corrected chi connectivity index (χ0v) is 6.86. The van der Waals surface area contributed by atoms with E-state index in [0.29, 0.717) is 6.54 Å². The molecule has 62 valence electrons. The van der Waals surface area contributed by atoms with Gasteiger partial charge in [-0.3, -0.25) is 0 Å². The van der Waals surface area contributed by atoms with Crippen molar-refractivity contribution < 1.29 is 0 Å². The Kier molecular flexibility index (Phi) is 1.55. The molecule has 0 aliphatic rings. The summed E-state index contributed by atoms with van der Waals surface area (Å²) in [5.41, 5.74) is 8.38. The lowest BCUT2D eigenvalue weighted by Gasteiger charge is -2.01. The fourth-order valence-electron chi connectivity index (χ4n) is 1.26. The molecule has 0 unspecified atom stereocenters. The van der Waals surface area contributed by atoms with E-state index >= 15 is 0 Å². The summed E-state index contributed by atoms with van der Waals surface area (Å²) >= 11 is 0. The van der Waals surface area contributed by atoms with Crippen LogP contribution in [0.25, 0.3) is 5.65 Å². The van der Waals surface area contributed by atoms with Crippen LogP contribution in [-0.2, 0) is 6.54 Å². The van der Waals surface area contributed by atoms with E-state index in [9.17, 15) is 0 Å². The standard InChI is InChI=1S/C8H10N4/c1-6-4-7(5-9)12-8(11-6)2-3-10-12/h2-4H,5,9H2,1H3. The topological polar surface area (TPSA) is 56.2 Å². The lowest BCUT2D eigenvalue weighted by atomic mass is 10.3. The van der Waals surface area contributed by atoms with E-state index in [0.717, 1.165) is 17.0 Å². The van der Waals surface area contributed by atoms with Crippen molar-refractivity contribution in [3.8, 4) is 0 Å². The molecule has 0 aliphatic heterocycles. The van der Waals surface area contributed by atoms with Crippen LogP contribution >= 0.6 is 0 Å². The van der Waals surface area contributed by atoms with Crippen LogP contribution in [0.2, 0.25) is 0 Å². The summed E-state index contributed by atoms with van der Waals surface area (Å²) in [6, 6.07) is 3.81. The highest BCUT2D eigenvalue weighted by molar-refractivity contribution is 5.38. The molecular weight excluding hydrogens is 152 g/mol. The van der Waals surface area contributed by atoms with Gasteiger partial charge in [-0.2, -0.15) is 5.10 Å². The van der Waals surface area contributed by atoms with Gasteiger partial charge >= 0.3 is 0 Å². The Bertz CT molecular complexity index is 404. The van der Waals surface area contributed by atoms with E-state index < -0.39 is 0 Å². The number of hydrogen-bond donors (Lipinski definition) is 1. The Labute approximate surface area is 70.0 Å². The first-order valence-electron chi connectivity index (χ1n) is 3.81. The molecule has 0 saturated carbocycles. The maximum atomic E-state index is 5.56. The van der Waals surface area contributed by atoms with E-state index in [1.165, 1.54) is 0 Å². The molecule has 0 bridgehead atoms. The van der Waals surface area contributed by atoms with Gasteiger partial charge in [-0.15, -0.1) is 0 Å². The first kappa shape index (κ1) is 7.24. The summed E-state index contributed by atoms with van der Waals surface area (Å²) in [4.78, 5) is 4.29. The summed E-state index contributed by atoms with van der Waals surface area (Å²) in [7, 11) is 0. The van der Waals surface area contributed by atoms with Gasteiger partial charge in [0.05, 0.1) is 11.9 Å². The molecule has 0 fully saturated rings. The Morgan fingerprint density at radius 2 is 2.42 bits per heavy atom. The van der Waals surface area contributed by atoms with E-state index in [1.807, 2.05) is 19.1 Å². The smallest absolute Gasteiger partial charge is 0.155 e. The van der Waals surface area contributed by atoms with Crippen LogP contribution in [0.4, 0.5) is 0 Å². The molecule has 2 aromatic heterocycles. The summed E-state index contributed by atoms with van der Waals surface area (Å²) in [6.07, 6.45) is 1.72. The number of nitrogens with zero attached hydrogens (tertiary/aromatic N) is 3. The van der Waals surface area contributed by atoms with Crippen molar-refractivity contribution in [3.05, 3.63) is 29.7 Å². The van der Waals surface area contributed by atoms with Crippen molar-refractivity contribution in [2.45, 2.75) is 13.5 Å². The molecule has 0 radical (unpaired) electrons. The Morgan fingerprint density at radius 3 is 3.17 bits per heavy atom. The van der Waals surface area contributed by atoms with E-state index in [4.69, 9.17) is 5.73 Å². The van der Waals surface area contributed by atoms with E-state index in [-0.39, 0.29) is 0 Å². The number of fused-ring (bicyclic) bond motifs is 1. The average Bonchev–Trinajstić information content (AvgIpc) is 2.50. The average molecular weight is 162 g/mol. The molecule has 4 nitrogen and oxygen atoms in total. The molecule has 0 aromatic carbocycles. The largest absolute Gasteiger partial charge is 0.325 e. The van der Waals surface area contributed by atoms with E-state index in [2.05, 4.69) is 10.1 Å². The molecule has 0 aliphatic carbocycles. The van der Waals surface area contributed by atoms with Crippen LogP contribution in [0, 0.1) is 6.92 Å². The van der Waals surface area contributed by atoms with Gasteiger partial charge in [-0.1, -0.05) is 0 Å². The number of hydrogen-bond acceptors (Lipinski definition) is 3. The predicted molar refractivity (Wildman–Crippen MR) is 45.6 cm³/mol. The second-order valence-corrected chi connectivity index (χ2v) is 2.69. The minimum Gasteiger partial charge on any atom is -0.325 e. The van der Waals surface area contributed by atoms with Crippen LogP contribution in [0.3, 0.4) is 0 Å². The fourth-order valence-corrected chi connectivity index (χ4v) is 1.26. The molecule has 0 atom stereocenters. The second-order valence-electron chi connectivity index (χ2n) is 2.69. The van der Waals surface area contributed by atoms with Gasteiger partial charge in [0.2, 0.25) is 0 Å². The van der Waals surface area contributed by atoms with Crippen molar-refractivity contribution in [2.75, 3.05) is 0 Å². The summed E-state index contributed by atoms with van der Waals surface area (Å²) in [5.74, 6) is 0. The molecular formula is C8H10N4. The summed E-state index contributed by atoms with van der Waals surface area (Å²) < 4.78 is 1.76. The maximum Gasteiger partial charge on any atom is 0.155 e. The Balaban J connectivity index is 2.80. The Hall–Kier alpha value is -1.42. The number of aromatic nitrogens is 3. The zero-order valence-electron chi connectivity index (χ0n) is 6.86. The van der Waals surface area contributed by atoms with Crippen LogP contribution in [0.15, 0.2) is 18.3 Å². The summed E-state index contributed by atoms with van der Waals surface area (Å²) in [6.45, 7) is 2.44.